The molecule has 0 amide bonds. The zero-order valence-electron chi connectivity index (χ0n) is 7.85. The molecule has 0 bridgehead atoms. The first kappa shape index (κ1) is 12.8. The van der Waals surface area contributed by atoms with Gasteiger partial charge in [0.2, 0.25) is 0 Å². The molecule has 0 unspecified atom stereocenters. The topological polar surface area (TPSA) is 64.1 Å². The van der Waals surface area contributed by atoms with Gasteiger partial charge in [0.15, 0.2) is 0 Å². The second-order valence-corrected chi connectivity index (χ2v) is 1.90. The Morgan fingerprint density at radius 1 is 1.45 bits per heavy atom. The van der Waals surface area contributed by atoms with E-state index in [4.69, 9.17) is 11.5 Å². The van der Waals surface area contributed by atoms with Gasteiger partial charge < -0.3 is 16.8 Å². The Hall–Kier alpha value is -0.860. The lowest BCUT2D eigenvalue weighted by atomic mass is 10.3. The molecule has 0 saturated carbocycles. The standard InChI is InChI=1S/C6H15N3.C2H6/c1-2-3-4-9-6(8)5-7;1-2/h5,9H,2-4,7-8H2,1H3;1-2H3/b6-5+;. The lowest BCUT2D eigenvalue weighted by Crippen LogP contribution is -2.22. The second-order valence-electron chi connectivity index (χ2n) is 1.90. The van der Waals surface area contributed by atoms with Gasteiger partial charge in [0.25, 0.3) is 0 Å². The van der Waals surface area contributed by atoms with Crippen LogP contribution in [0.25, 0.3) is 0 Å². The molecule has 0 fully saturated rings. The van der Waals surface area contributed by atoms with E-state index in [-0.39, 0.29) is 0 Å². The maximum atomic E-state index is 5.34. The molecule has 0 saturated heterocycles. The van der Waals surface area contributed by atoms with Crippen molar-refractivity contribution in [3.8, 4) is 0 Å². The number of rotatable bonds is 4. The molecule has 0 aromatic heterocycles. The fourth-order valence-electron chi connectivity index (χ4n) is 0.468. The third kappa shape index (κ3) is 12.4. The Morgan fingerprint density at radius 2 is 2.00 bits per heavy atom. The van der Waals surface area contributed by atoms with Crippen LogP contribution in [-0.2, 0) is 0 Å². The third-order valence-corrected chi connectivity index (χ3v) is 1.04. The number of hydrogen-bond donors (Lipinski definition) is 3. The molecule has 5 N–H and O–H groups in total. The molecular formula is C8H21N3. The molecule has 0 radical (unpaired) electrons. The summed E-state index contributed by atoms with van der Waals surface area (Å²) in [6.07, 6.45) is 3.68. The molecule has 0 aliphatic rings. The Morgan fingerprint density at radius 3 is 2.36 bits per heavy atom. The zero-order chi connectivity index (χ0) is 9.11. The average Bonchev–Trinajstić information content (AvgIpc) is 2.08. The minimum atomic E-state index is 0.559. The van der Waals surface area contributed by atoms with Gasteiger partial charge in [0.1, 0.15) is 5.82 Å². The van der Waals surface area contributed by atoms with Crippen molar-refractivity contribution in [2.45, 2.75) is 33.6 Å². The van der Waals surface area contributed by atoms with Gasteiger partial charge in [0, 0.05) is 12.7 Å². The molecule has 0 aliphatic heterocycles. The molecule has 3 heteroatoms. The molecule has 0 heterocycles. The molecular weight excluding hydrogens is 138 g/mol. The molecule has 0 aliphatic carbocycles. The van der Waals surface area contributed by atoms with Crippen molar-refractivity contribution >= 4 is 0 Å². The van der Waals surface area contributed by atoms with Gasteiger partial charge in [-0.1, -0.05) is 27.2 Å². The summed E-state index contributed by atoms with van der Waals surface area (Å²) in [6.45, 7) is 7.04. The van der Waals surface area contributed by atoms with Crippen molar-refractivity contribution in [3.05, 3.63) is 12.0 Å². The van der Waals surface area contributed by atoms with Gasteiger partial charge in [-0.3, -0.25) is 0 Å². The lowest BCUT2D eigenvalue weighted by Gasteiger charge is -2.02. The largest absolute Gasteiger partial charge is 0.402 e. The smallest absolute Gasteiger partial charge is 0.112 e. The molecule has 0 atom stereocenters. The summed E-state index contributed by atoms with van der Waals surface area (Å²) < 4.78 is 0. The summed E-state index contributed by atoms with van der Waals surface area (Å²) in [6, 6.07) is 0. The minimum Gasteiger partial charge on any atom is -0.402 e. The maximum absolute atomic E-state index is 5.34. The Balaban J connectivity index is 0. The van der Waals surface area contributed by atoms with Crippen molar-refractivity contribution < 1.29 is 0 Å². The summed E-state index contributed by atoms with van der Waals surface area (Å²) >= 11 is 0. The molecule has 68 valence electrons. The first-order valence-electron chi connectivity index (χ1n) is 4.22. The highest BCUT2D eigenvalue weighted by Crippen LogP contribution is 1.82. The van der Waals surface area contributed by atoms with Crippen LogP contribution in [0.3, 0.4) is 0 Å². The van der Waals surface area contributed by atoms with Crippen LogP contribution in [0.5, 0.6) is 0 Å². The van der Waals surface area contributed by atoms with E-state index in [1.807, 2.05) is 13.8 Å². The van der Waals surface area contributed by atoms with E-state index in [0.717, 1.165) is 13.0 Å². The summed E-state index contributed by atoms with van der Waals surface area (Å²) in [5.41, 5.74) is 10.4. The summed E-state index contributed by atoms with van der Waals surface area (Å²) in [7, 11) is 0. The number of nitrogens with one attached hydrogen (secondary N) is 1. The van der Waals surface area contributed by atoms with Crippen LogP contribution in [0.4, 0.5) is 0 Å². The Kier molecular flexibility index (Phi) is 13.8. The fraction of sp³-hybridized carbons (Fsp3) is 0.750. The number of unbranched alkanes of at least 4 members (excludes halogenated alkanes) is 1. The van der Waals surface area contributed by atoms with Crippen molar-refractivity contribution in [2.75, 3.05) is 6.54 Å². The average molecular weight is 159 g/mol. The van der Waals surface area contributed by atoms with E-state index in [9.17, 15) is 0 Å². The lowest BCUT2D eigenvalue weighted by molar-refractivity contribution is 0.704. The van der Waals surface area contributed by atoms with E-state index in [0.29, 0.717) is 5.82 Å². The fourth-order valence-corrected chi connectivity index (χ4v) is 0.468. The molecule has 11 heavy (non-hydrogen) atoms. The van der Waals surface area contributed by atoms with E-state index >= 15 is 0 Å². The van der Waals surface area contributed by atoms with Gasteiger partial charge in [0.05, 0.1) is 0 Å². The van der Waals surface area contributed by atoms with Gasteiger partial charge >= 0.3 is 0 Å². The first-order valence-corrected chi connectivity index (χ1v) is 4.22. The van der Waals surface area contributed by atoms with E-state index in [1.54, 1.807) is 0 Å². The maximum Gasteiger partial charge on any atom is 0.112 e. The van der Waals surface area contributed by atoms with E-state index in [2.05, 4.69) is 12.2 Å². The van der Waals surface area contributed by atoms with E-state index in [1.165, 1.54) is 12.6 Å². The Bertz CT molecular complexity index is 89.3. The molecule has 0 spiro atoms. The van der Waals surface area contributed by atoms with Crippen molar-refractivity contribution in [3.63, 3.8) is 0 Å². The van der Waals surface area contributed by atoms with E-state index < -0.39 is 0 Å². The first-order chi connectivity index (χ1) is 5.31. The van der Waals surface area contributed by atoms with Crippen LogP contribution in [0, 0.1) is 0 Å². The van der Waals surface area contributed by atoms with Crippen molar-refractivity contribution in [2.24, 2.45) is 11.5 Å². The predicted octanol–water partition coefficient (Wildman–Crippen LogP) is 1.12. The quantitative estimate of drug-likeness (QED) is 0.539. The number of hydrogen-bond acceptors (Lipinski definition) is 3. The Labute approximate surface area is 69.8 Å². The molecule has 0 aromatic rings. The number of nitrogens with two attached hydrogens (primary N) is 2. The third-order valence-electron chi connectivity index (χ3n) is 1.04. The SMILES string of the molecule is CC.CCCCN/C(N)=C/N. The van der Waals surface area contributed by atoms with Crippen LogP contribution in [0.2, 0.25) is 0 Å². The van der Waals surface area contributed by atoms with Gasteiger partial charge in [-0.25, -0.2) is 0 Å². The zero-order valence-corrected chi connectivity index (χ0v) is 7.85. The highest BCUT2D eigenvalue weighted by Gasteiger charge is 1.83. The van der Waals surface area contributed by atoms with Crippen LogP contribution < -0.4 is 16.8 Å². The summed E-state index contributed by atoms with van der Waals surface area (Å²) in [4.78, 5) is 0. The normalized spacial score (nSPS) is 9.91. The highest BCUT2D eigenvalue weighted by atomic mass is 15.0. The van der Waals surface area contributed by atoms with Crippen molar-refractivity contribution in [1.82, 2.24) is 5.32 Å². The van der Waals surface area contributed by atoms with Gasteiger partial charge in [-0.2, -0.15) is 0 Å². The predicted molar refractivity (Wildman–Crippen MR) is 50.7 cm³/mol. The monoisotopic (exact) mass is 159 g/mol. The van der Waals surface area contributed by atoms with Gasteiger partial charge in [-0.05, 0) is 6.42 Å². The van der Waals surface area contributed by atoms with Crippen LogP contribution in [0.1, 0.15) is 33.6 Å². The minimum absolute atomic E-state index is 0.559. The second kappa shape index (κ2) is 11.9. The van der Waals surface area contributed by atoms with Crippen molar-refractivity contribution in [1.29, 1.82) is 0 Å². The summed E-state index contributed by atoms with van der Waals surface area (Å²) in [5.74, 6) is 0.559. The molecule has 3 nitrogen and oxygen atoms in total. The van der Waals surface area contributed by atoms with Crippen LogP contribution >= 0.6 is 0 Å². The summed E-state index contributed by atoms with van der Waals surface area (Å²) in [5, 5.41) is 2.95. The molecule has 0 aromatic carbocycles. The highest BCUT2D eigenvalue weighted by molar-refractivity contribution is 4.88. The van der Waals surface area contributed by atoms with Gasteiger partial charge in [-0.15, -0.1) is 0 Å². The molecule has 0 rings (SSSR count). The van der Waals surface area contributed by atoms with Crippen LogP contribution in [0.15, 0.2) is 12.0 Å². The van der Waals surface area contributed by atoms with Crippen LogP contribution in [-0.4, -0.2) is 6.54 Å².